The lowest BCUT2D eigenvalue weighted by Crippen LogP contribution is -1.97. The van der Waals surface area contributed by atoms with Crippen molar-refractivity contribution in [2.45, 2.75) is 17.7 Å². The Morgan fingerprint density at radius 1 is 0.909 bits per heavy atom. The lowest BCUT2D eigenvalue weighted by atomic mass is 9.90. The topological polar surface area (TPSA) is 0 Å². The third-order valence-electron chi connectivity index (χ3n) is 4.36. The van der Waals surface area contributed by atoms with Crippen LogP contribution in [0.25, 0.3) is 27.6 Å². The van der Waals surface area contributed by atoms with Gasteiger partial charge in [0.1, 0.15) is 0 Å². The number of hydrogen-bond acceptors (Lipinski definition) is 1. The second-order valence-corrected chi connectivity index (χ2v) is 8.31. The largest absolute Gasteiger partial charge is 0.128 e. The molecule has 0 bridgehead atoms. The minimum Gasteiger partial charge on any atom is -0.128 e. The molecule has 0 aromatic heterocycles. The summed E-state index contributed by atoms with van der Waals surface area (Å²) in [6.07, 6.45) is 6.60. The molecule has 22 heavy (non-hydrogen) atoms. The number of thioether (sulfide) groups is 1. The van der Waals surface area contributed by atoms with Crippen LogP contribution in [-0.2, 0) is 6.42 Å². The van der Waals surface area contributed by atoms with Crippen LogP contribution in [0.5, 0.6) is 0 Å². The van der Waals surface area contributed by atoms with Gasteiger partial charge >= 0.3 is 0 Å². The molecule has 0 unspecified atom stereocenters. The number of allylic oxidation sites excluding steroid dienone is 1. The van der Waals surface area contributed by atoms with Crippen LogP contribution in [0.4, 0.5) is 0 Å². The molecule has 3 heteroatoms. The zero-order chi connectivity index (χ0) is 15.3. The third-order valence-corrected chi connectivity index (χ3v) is 6.68. The van der Waals surface area contributed by atoms with Gasteiger partial charge in [-0.15, -0.1) is 11.8 Å². The molecular weight excluding hydrogens is 420 g/mol. The predicted octanol–water partition coefficient (Wildman–Crippen LogP) is 7.16. The summed E-state index contributed by atoms with van der Waals surface area (Å²) >= 11 is 9.10. The summed E-state index contributed by atoms with van der Waals surface area (Å²) in [7, 11) is 0. The standard InChI is InChI=1S/C19H14Br2S/c1-22-19-10-17-12(9-18(19)21)3-5-15-14-7-4-13(20)8-11(14)2-6-16(15)17/h2-3,5-6,8-10H,4,7H2,1H3. The van der Waals surface area contributed by atoms with Gasteiger partial charge in [-0.05, 0) is 90.4 Å². The minimum absolute atomic E-state index is 1.10. The van der Waals surface area contributed by atoms with Crippen molar-refractivity contribution in [2.75, 3.05) is 6.26 Å². The monoisotopic (exact) mass is 432 g/mol. The van der Waals surface area contributed by atoms with Crippen LogP contribution in [0.3, 0.4) is 0 Å². The van der Waals surface area contributed by atoms with Gasteiger partial charge in [-0.25, -0.2) is 0 Å². The first kappa shape index (κ1) is 14.8. The molecule has 0 saturated heterocycles. The van der Waals surface area contributed by atoms with E-state index in [1.165, 1.54) is 46.5 Å². The summed E-state index contributed by atoms with van der Waals surface area (Å²) in [5.41, 5.74) is 2.84. The normalized spacial score (nSPS) is 14.2. The van der Waals surface area contributed by atoms with E-state index >= 15 is 0 Å². The maximum absolute atomic E-state index is 3.67. The zero-order valence-electron chi connectivity index (χ0n) is 12.1. The lowest BCUT2D eigenvalue weighted by Gasteiger charge is -2.17. The number of aryl methyl sites for hydroxylation is 1. The molecule has 0 amide bonds. The van der Waals surface area contributed by atoms with Crippen molar-refractivity contribution in [3.05, 3.63) is 56.5 Å². The molecule has 3 aromatic carbocycles. The highest BCUT2D eigenvalue weighted by Crippen LogP contribution is 2.38. The molecule has 4 rings (SSSR count). The molecule has 1 aliphatic carbocycles. The maximum atomic E-state index is 3.67. The highest BCUT2D eigenvalue weighted by atomic mass is 79.9. The molecule has 1 aliphatic rings. The quantitative estimate of drug-likeness (QED) is 0.289. The first-order valence-corrected chi connectivity index (χ1v) is 10.1. The smallest absolute Gasteiger partial charge is 0.0317 e. The number of rotatable bonds is 1. The van der Waals surface area contributed by atoms with Crippen molar-refractivity contribution in [3.8, 4) is 0 Å². The van der Waals surface area contributed by atoms with Gasteiger partial charge in [0.05, 0.1) is 0 Å². The van der Waals surface area contributed by atoms with Gasteiger partial charge < -0.3 is 0 Å². The van der Waals surface area contributed by atoms with E-state index in [-0.39, 0.29) is 0 Å². The molecule has 0 N–H and O–H groups in total. The molecule has 0 nitrogen and oxygen atoms in total. The predicted molar refractivity (Wildman–Crippen MR) is 106 cm³/mol. The van der Waals surface area contributed by atoms with Crippen LogP contribution in [0.15, 0.2) is 50.2 Å². The number of benzene rings is 3. The SMILES string of the molecule is CSc1cc2c(ccc3c4c(ccc32)C=C(Br)CC4)cc1Br. The van der Waals surface area contributed by atoms with E-state index in [1.54, 1.807) is 11.8 Å². The van der Waals surface area contributed by atoms with Crippen LogP contribution in [0.1, 0.15) is 17.5 Å². The van der Waals surface area contributed by atoms with Crippen molar-refractivity contribution in [3.63, 3.8) is 0 Å². The van der Waals surface area contributed by atoms with Gasteiger partial charge in [-0.2, -0.15) is 0 Å². The van der Waals surface area contributed by atoms with Gasteiger partial charge in [0, 0.05) is 9.37 Å². The molecule has 0 radical (unpaired) electrons. The summed E-state index contributed by atoms with van der Waals surface area (Å²) in [4.78, 5) is 1.29. The molecule has 0 spiro atoms. The Labute approximate surface area is 151 Å². The van der Waals surface area contributed by atoms with Crippen molar-refractivity contribution >= 4 is 71.2 Å². The molecule has 3 aromatic rings. The summed E-state index contributed by atoms with van der Waals surface area (Å²) < 4.78 is 2.48. The molecule has 110 valence electrons. The van der Waals surface area contributed by atoms with Crippen molar-refractivity contribution in [2.24, 2.45) is 0 Å². The van der Waals surface area contributed by atoms with E-state index in [0.29, 0.717) is 0 Å². The third kappa shape index (κ3) is 2.34. The van der Waals surface area contributed by atoms with Gasteiger partial charge in [-0.3, -0.25) is 0 Å². The van der Waals surface area contributed by atoms with Crippen molar-refractivity contribution < 1.29 is 0 Å². The molecule has 0 heterocycles. The Morgan fingerprint density at radius 2 is 1.73 bits per heavy atom. The number of halogens is 2. The summed E-state index contributed by atoms with van der Waals surface area (Å²) in [5, 5.41) is 5.41. The fourth-order valence-electron chi connectivity index (χ4n) is 3.28. The van der Waals surface area contributed by atoms with Gasteiger partial charge in [0.15, 0.2) is 0 Å². The fourth-order valence-corrected chi connectivity index (χ4v) is 5.06. The summed E-state index contributed by atoms with van der Waals surface area (Å²) in [6, 6.07) is 13.6. The van der Waals surface area contributed by atoms with Crippen LogP contribution in [0.2, 0.25) is 0 Å². The number of hydrogen-bond donors (Lipinski definition) is 0. The number of fused-ring (bicyclic) bond motifs is 5. The van der Waals surface area contributed by atoms with Crippen LogP contribution in [-0.4, -0.2) is 6.26 Å². The Balaban J connectivity index is 2.09. The summed E-state index contributed by atoms with van der Waals surface area (Å²) in [6.45, 7) is 0. The molecule has 0 saturated carbocycles. The first-order valence-electron chi connectivity index (χ1n) is 7.25. The second kappa shape index (κ2) is 5.70. The first-order chi connectivity index (χ1) is 10.7. The van der Waals surface area contributed by atoms with Gasteiger partial charge in [-0.1, -0.05) is 40.2 Å². The fraction of sp³-hybridized carbons (Fsp3) is 0.158. The Morgan fingerprint density at radius 3 is 2.55 bits per heavy atom. The Hall–Kier alpha value is -0.770. The van der Waals surface area contributed by atoms with E-state index in [9.17, 15) is 0 Å². The Kier molecular flexibility index (Phi) is 3.83. The molecule has 0 fully saturated rings. The highest BCUT2D eigenvalue weighted by Gasteiger charge is 2.14. The van der Waals surface area contributed by atoms with E-state index in [4.69, 9.17) is 0 Å². The second-order valence-electron chi connectivity index (χ2n) is 5.59. The Bertz CT molecular complexity index is 941. The molecular formula is C19H14Br2S. The van der Waals surface area contributed by atoms with Crippen molar-refractivity contribution in [1.82, 2.24) is 0 Å². The average molecular weight is 434 g/mol. The van der Waals surface area contributed by atoms with E-state index in [0.717, 1.165) is 12.8 Å². The van der Waals surface area contributed by atoms with E-state index in [2.05, 4.69) is 80.6 Å². The van der Waals surface area contributed by atoms with Gasteiger partial charge in [0.2, 0.25) is 0 Å². The van der Waals surface area contributed by atoms with Crippen molar-refractivity contribution in [1.29, 1.82) is 0 Å². The minimum atomic E-state index is 1.10. The van der Waals surface area contributed by atoms with Gasteiger partial charge in [0.25, 0.3) is 0 Å². The lowest BCUT2D eigenvalue weighted by molar-refractivity contribution is 0.988. The highest BCUT2D eigenvalue weighted by molar-refractivity contribution is 9.11. The zero-order valence-corrected chi connectivity index (χ0v) is 16.1. The molecule has 0 aliphatic heterocycles. The van der Waals surface area contributed by atoms with Crippen LogP contribution < -0.4 is 0 Å². The van der Waals surface area contributed by atoms with E-state index < -0.39 is 0 Å². The van der Waals surface area contributed by atoms with Crippen LogP contribution in [0, 0.1) is 0 Å². The summed E-state index contributed by atoms with van der Waals surface area (Å²) in [5.74, 6) is 0. The maximum Gasteiger partial charge on any atom is 0.0317 e. The molecule has 0 atom stereocenters. The van der Waals surface area contributed by atoms with Crippen LogP contribution >= 0.6 is 43.6 Å². The average Bonchev–Trinajstić information content (AvgIpc) is 2.53. The van der Waals surface area contributed by atoms with E-state index in [1.807, 2.05) is 0 Å².